The Kier molecular flexibility index (Phi) is 26.4. The quantitative estimate of drug-likeness (QED) is 0.0225. The first-order valence-electron chi connectivity index (χ1n) is 39.5. The normalized spacial score (nSPS) is 14.6. The molecule has 30 nitrogen and oxygen atoms in total. The lowest BCUT2D eigenvalue weighted by atomic mass is 10.2. The second kappa shape index (κ2) is 38.2. The predicted octanol–water partition coefficient (Wildman–Crippen LogP) is 13.7. The summed E-state index contributed by atoms with van der Waals surface area (Å²) in [6.45, 7) is 22.9. The van der Waals surface area contributed by atoms with Gasteiger partial charge in [-0.15, -0.1) is 0 Å². The molecule has 4 aliphatic heterocycles. The summed E-state index contributed by atoms with van der Waals surface area (Å²) < 4.78 is 64.1. The van der Waals surface area contributed by atoms with Crippen LogP contribution in [0.4, 0.5) is 87.9 Å². The minimum absolute atomic E-state index is 0.0611. The maximum absolute atomic E-state index is 15.2. The first-order valence-corrected chi connectivity index (χ1v) is 39.5. The molecule has 4 saturated heterocycles. The number of carbonyl (C=O) groups is 3. The lowest BCUT2D eigenvalue weighted by molar-refractivity contribution is -0.112. The number of ether oxygens (including phenoxy) is 3. The molecule has 0 atom stereocenters. The van der Waals surface area contributed by atoms with Crippen LogP contribution in [0.1, 0.15) is 24.0 Å². The number of carbonyl (C=O) groups excluding carboxylic acids is 3. The van der Waals surface area contributed by atoms with E-state index in [1.165, 1.54) is 36.4 Å². The van der Waals surface area contributed by atoms with Crippen molar-refractivity contribution in [3.8, 4) is 34.9 Å². The number of H-pyrrole nitrogens is 3. The van der Waals surface area contributed by atoms with Gasteiger partial charge >= 0.3 is 0 Å². The van der Waals surface area contributed by atoms with Gasteiger partial charge in [0.1, 0.15) is 57.0 Å². The summed E-state index contributed by atoms with van der Waals surface area (Å²) in [5, 5.41) is 29.2. The van der Waals surface area contributed by atoms with E-state index in [0.717, 1.165) is 132 Å². The summed E-state index contributed by atoms with van der Waals surface area (Å²) in [7, 11) is 10.2. The van der Waals surface area contributed by atoms with Gasteiger partial charge in [-0.25, -0.2) is 13.2 Å². The second-order valence-corrected chi connectivity index (χ2v) is 29.6. The van der Waals surface area contributed by atoms with Crippen LogP contribution >= 0.6 is 0 Å². The van der Waals surface area contributed by atoms with Crippen molar-refractivity contribution in [2.45, 2.75) is 25.8 Å². The summed E-state index contributed by atoms with van der Waals surface area (Å²) in [5.41, 5.74) is 9.34. The summed E-state index contributed by atoms with van der Waals surface area (Å²) in [5.74, 6) is 1.14. The van der Waals surface area contributed by atoms with Crippen molar-refractivity contribution in [3.05, 3.63) is 213 Å². The third kappa shape index (κ3) is 20.7. The zero-order valence-electron chi connectivity index (χ0n) is 67.4. The SMILES string of the molecule is C=CC(=O)Nc1cccc(Oc2nc(Nc3ccc(N4CCN(C)CC4)c(F)c3)nc3[nH]cc(CCO)c23)c1.C=CC(=O)Nc1cccc(Oc2nc(Nc3ccc(N4CCN(C)CC4)c(F)c3)nc3[nH]cc(CN(C)C)c23)c1.C=CC(=O)Nc1cccc(Oc2nc(Nc3ccc(N4CCN(C)CC4)c(F)c3)nc3[nH]cc(N4CCCC4)c23)c1. The van der Waals surface area contributed by atoms with Crippen molar-refractivity contribution in [1.29, 1.82) is 0 Å². The highest BCUT2D eigenvalue weighted by atomic mass is 19.1. The van der Waals surface area contributed by atoms with Crippen LogP contribution in [0.3, 0.4) is 0 Å². The first kappa shape index (κ1) is 82.9. The summed E-state index contributed by atoms with van der Waals surface area (Å²) in [6.07, 6.45) is 11.7. The zero-order valence-corrected chi connectivity index (χ0v) is 67.4. The molecule has 10 heterocycles. The van der Waals surface area contributed by atoms with Crippen LogP contribution in [0.5, 0.6) is 34.9 Å². The number of hydrogen-bond donors (Lipinski definition) is 10. The summed E-state index contributed by atoms with van der Waals surface area (Å²) in [4.78, 5) is 89.9. The van der Waals surface area contributed by atoms with E-state index < -0.39 is 0 Å². The Morgan fingerprint density at radius 3 is 1.11 bits per heavy atom. The van der Waals surface area contributed by atoms with Crippen molar-refractivity contribution in [2.24, 2.45) is 0 Å². The van der Waals surface area contributed by atoms with E-state index in [4.69, 9.17) is 24.2 Å². The number of benzene rings is 6. The molecule has 120 heavy (non-hydrogen) atoms. The molecular formula is C87H96F3N23O7. The smallest absolute Gasteiger partial charge is 0.247 e. The molecule has 0 unspecified atom stereocenters. The van der Waals surface area contributed by atoms with Gasteiger partial charge in [0.05, 0.1) is 33.5 Å². The Bertz CT molecular complexity index is 5690. The summed E-state index contributed by atoms with van der Waals surface area (Å²) in [6, 6.07) is 36.1. The average Bonchev–Trinajstić information content (AvgIpc) is 1.63. The Balaban J connectivity index is 0.000000147. The van der Waals surface area contributed by atoms with Gasteiger partial charge in [-0.2, -0.15) is 29.9 Å². The molecule has 10 N–H and O–H groups in total. The molecule has 16 rings (SSSR count). The third-order valence-corrected chi connectivity index (χ3v) is 20.6. The standard InChI is InChI=1S/C30H33FN8O2.C29H33FN8O2.C28H30FN7O3/c1-3-26(40)33-20-7-6-8-22(17-20)41-29-27-25(38-11-4-5-12-38)19-32-28(27)35-30(36-29)34-21-9-10-24(23(31)18-21)39-15-13-37(2)14-16-39;1-5-25(39)32-20-7-6-8-22(15-20)40-28-26-19(18-36(2)3)17-31-27(26)34-29(35-28)33-21-9-10-24(23(30)16-21)38-13-11-37(4)12-14-38;1-3-24(38)31-19-5-4-6-21(15-19)39-27-25-18(9-14-37)17-30-26(25)33-28(34-27)32-20-7-8-23(22(29)16-20)36-12-10-35(2)11-13-36/h3,6-10,17-19H,1,4-5,11-16H2,2H3,(H,33,40)(H2,32,34,35,36);5-10,15-17H,1,11-14,18H2,2-4H3,(H,32,39)(H2,31,33,34,35);3-8,15-17,37H,1,9-14H2,2H3,(H,31,38)(H2,30,32,33,34). The fourth-order valence-electron chi connectivity index (χ4n) is 14.4. The van der Waals surface area contributed by atoms with Crippen molar-refractivity contribution in [2.75, 3.05) is 185 Å². The lowest BCUT2D eigenvalue weighted by Gasteiger charge is -2.34. The maximum atomic E-state index is 15.2. The Hall–Kier alpha value is -13.6. The van der Waals surface area contributed by atoms with Gasteiger partial charge in [-0.05, 0) is 175 Å². The molecule has 0 saturated carbocycles. The monoisotopic (exact) mass is 1630 g/mol. The van der Waals surface area contributed by atoms with Gasteiger partial charge in [-0.1, -0.05) is 37.9 Å². The summed E-state index contributed by atoms with van der Waals surface area (Å²) >= 11 is 0. The maximum Gasteiger partial charge on any atom is 0.247 e. The second-order valence-electron chi connectivity index (χ2n) is 29.6. The number of aromatic amines is 3. The van der Waals surface area contributed by atoms with Crippen molar-refractivity contribution in [3.63, 3.8) is 0 Å². The number of piperazine rings is 3. The highest BCUT2D eigenvalue weighted by Gasteiger charge is 2.27. The van der Waals surface area contributed by atoms with Gasteiger partial charge in [0.25, 0.3) is 0 Å². The Morgan fingerprint density at radius 1 is 0.425 bits per heavy atom. The predicted molar refractivity (Wildman–Crippen MR) is 466 cm³/mol. The number of likely N-dealkylation sites (N-methyl/N-ethyl adjacent to an activating group) is 3. The lowest BCUT2D eigenvalue weighted by Crippen LogP contribution is -2.44. The van der Waals surface area contributed by atoms with Gasteiger partial charge in [0, 0.05) is 176 Å². The molecule has 0 aliphatic carbocycles. The van der Waals surface area contributed by atoms with Crippen LogP contribution in [0.25, 0.3) is 33.1 Å². The van der Waals surface area contributed by atoms with Gasteiger partial charge in [0.2, 0.25) is 53.2 Å². The van der Waals surface area contributed by atoms with E-state index in [9.17, 15) is 19.5 Å². The molecule has 6 aromatic heterocycles. The van der Waals surface area contributed by atoms with E-state index in [0.29, 0.717) is 115 Å². The molecule has 0 radical (unpaired) electrons. The van der Waals surface area contributed by atoms with Crippen molar-refractivity contribution >= 4 is 126 Å². The minimum Gasteiger partial charge on any atom is -0.438 e. The third-order valence-electron chi connectivity index (χ3n) is 20.6. The average molecular weight is 1630 g/mol. The highest BCUT2D eigenvalue weighted by molar-refractivity contribution is 6.01. The van der Waals surface area contributed by atoms with Crippen LogP contribution < -0.4 is 65.7 Å². The molecule has 4 aliphatic rings. The molecule has 12 aromatic rings. The molecule has 33 heteroatoms. The van der Waals surface area contributed by atoms with Crippen LogP contribution in [0.15, 0.2) is 184 Å². The van der Waals surface area contributed by atoms with E-state index in [1.54, 1.807) is 103 Å². The van der Waals surface area contributed by atoms with Crippen LogP contribution in [-0.4, -0.2) is 221 Å². The molecule has 0 spiro atoms. The Labute approximate surface area is 691 Å². The van der Waals surface area contributed by atoms with E-state index in [1.807, 2.05) is 48.4 Å². The first-order chi connectivity index (χ1) is 58.2. The van der Waals surface area contributed by atoms with Gasteiger partial charge in [-0.3, -0.25) is 14.4 Å². The molecule has 4 fully saturated rings. The van der Waals surface area contributed by atoms with Crippen molar-refractivity contribution < 1.29 is 46.9 Å². The number of hydrogen-bond acceptors (Lipinski definition) is 24. The number of amides is 3. The van der Waals surface area contributed by atoms with Gasteiger partial charge in [0.15, 0.2) is 0 Å². The molecule has 3 amide bonds. The molecular weight excluding hydrogens is 1540 g/mol. The van der Waals surface area contributed by atoms with Crippen LogP contribution in [0.2, 0.25) is 0 Å². The highest BCUT2D eigenvalue weighted by Crippen LogP contribution is 2.41. The molecule has 622 valence electrons. The number of aliphatic hydroxyl groups excluding tert-OH is 1. The van der Waals surface area contributed by atoms with Crippen molar-refractivity contribution in [1.82, 2.24) is 64.5 Å². The topological polar surface area (TPSA) is 322 Å². The number of halogens is 3. The number of nitrogens with zero attached hydrogens (tertiary/aromatic N) is 14. The van der Waals surface area contributed by atoms with Crippen LogP contribution in [0, 0.1) is 17.5 Å². The number of anilines is 13. The van der Waals surface area contributed by atoms with Crippen LogP contribution in [-0.2, 0) is 27.3 Å². The zero-order chi connectivity index (χ0) is 83.9. The fraction of sp³-hybridized carbons (Fsp3) is 0.276. The number of nitrogens with one attached hydrogen (secondary N) is 9. The Morgan fingerprint density at radius 2 is 0.758 bits per heavy atom. The number of fused-ring (bicyclic) bond motifs is 3. The largest absolute Gasteiger partial charge is 0.438 e. The number of aromatic nitrogens is 9. The van der Waals surface area contributed by atoms with E-state index in [2.05, 4.69) is 137 Å². The minimum atomic E-state index is -0.343. The number of aliphatic hydroxyl groups is 1. The van der Waals surface area contributed by atoms with E-state index in [-0.39, 0.29) is 65.5 Å². The van der Waals surface area contributed by atoms with Gasteiger partial charge < -0.3 is 105 Å². The number of rotatable bonds is 26. The molecule has 6 aromatic carbocycles. The fourth-order valence-corrected chi connectivity index (χ4v) is 14.4. The molecule has 0 bridgehead atoms. The van der Waals surface area contributed by atoms with E-state index >= 15 is 13.2 Å².